The van der Waals surface area contributed by atoms with E-state index in [2.05, 4.69) is 23.5 Å². The number of furan rings is 1. The van der Waals surface area contributed by atoms with E-state index in [4.69, 9.17) is 9.15 Å². The predicted molar refractivity (Wildman–Crippen MR) is 154 cm³/mol. The zero-order valence-corrected chi connectivity index (χ0v) is 24.6. The summed E-state index contributed by atoms with van der Waals surface area (Å²) < 4.78 is 39.1. The van der Waals surface area contributed by atoms with Crippen molar-refractivity contribution in [3.8, 4) is 0 Å². The van der Waals surface area contributed by atoms with Crippen LogP contribution in [0.1, 0.15) is 82.1 Å². The van der Waals surface area contributed by atoms with Gasteiger partial charge in [0, 0.05) is 29.4 Å². The fraction of sp³-hybridized carbons (Fsp3) is 0.533. The number of anilines is 1. The van der Waals surface area contributed by atoms with Crippen LogP contribution in [-0.2, 0) is 26.0 Å². The molecule has 0 amide bonds. The Morgan fingerprint density at radius 3 is 2.23 bits per heavy atom. The number of fused-ring (bicyclic) bond motifs is 1. The molecule has 1 N–H and O–H groups in total. The third-order valence-corrected chi connectivity index (χ3v) is 7.43. The fourth-order valence-corrected chi connectivity index (χ4v) is 5.26. The molecular weight excluding hydrogens is 516 g/mol. The highest BCUT2D eigenvalue weighted by atomic mass is 32.2. The lowest BCUT2D eigenvalue weighted by molar-refractivity contribution is -0.131. The average molecular weight is 559 g/mol. The van der Waals surface area contributed by atoms with Crippen LogP contribution < -0.4 is 15.4 Å². The lowest BCUT2D eigenvalue weighted by Gasteiger charge is -2.31. The van der Waals surface area contributed by atoms with E-state index in [0.29, 0.717) is 22.8 Å². The summed E-state index contributed by atoms with van der Waals surface area (Å²) in [6.45, 7) is 9.89. The monoisotopic (exact) mass is 558 g/mol. The van der Waals surface area contributed by atoms with E-state index >= 15 is 0 Å². The number of sulfonamides is 1. The number of benzene rings is 1. The number of hydrogen-bond acceptors (Lipinski definition) is 7. The summed E-state index contributed by atoms with van der Waals surface area (Å²) in [4.78, 5) is 30.0. The van der Waals surface area contributed by atoms with Crippen molar-refractivity contribution in [1.82, 2.24) is 4.90 Å². The van der Waals surface area contributed by atoms with Gasteiger partial charge in [0.15, 0.2) is 11.6 Å². The maximum Gasteiger partial charge on any atom is 0.232 e. The molecule has 1 heterocycles. The van der Waals surface area contributed by atoms with Gasteiger partial charge in [0.25, 0.3) is 0 Å². The summed E-state index contributed by atoms with van der Waals surface area (Å²) in [7, 11) is -3.66. The molecule has 0 fully saturated rings. The van der Waals surface area contributed by atoms with E-state index in [1.54, 1.807) is 36.4 Å². The van der Waals surface area contributed by atoms with Crippen molar-refractivity contribution in [2.45, 2.75) is 85.0 Å². The quantitative estimate of drug-likeness (QED) is 0.245. The van der Waals surface area contributed by atoms with Gasteiger partial charge in [-0.1, -0.05) is 70.4 Å². The molecular formula is C30H42N2O6S. The highest BCUT2D eigenvalue weighted by molar-refractivity contribution is 7.92. The van der Waals surface area contributed by atoms with E-state index in [0.717, 1.165) is 57.9 Å². The number of nitrogens with one attached hydrogen (secondary N) is 1. The first-order valence-electron chi connectivity index (χ1n) is 14.0. The highest BCUT2D eigenvalue weighted by Crippen LogP contribution is 2.22. The molecule has 1 aromatic carbocycles. The van der Waals surface area contributed by atoms with Crippen LogP contribution in [0.5, 0.6) is 0 Å². The summed E-state index contributed by atoms with van der Waals surface area (Å²) in [5, 5.41) is 0.356. The Balaban J connectivity index is 2.16. The zero-order chi connectivity index (χ0) is 28.6. The minimum atomic E-state index is -3.66. The van der Waals surface area contributed by atoms with E-state index in [1.807, 2.05) is 13.8 Å². The van der Waals surface area contributed by atoms with Gasteiger partial charge in [-0.25, -0.2) is 8.42 Å². The minimum absolute atomic E-state index is 0.0269. The molecule has 2 aromatic rings. The number of carbonyl (C=O) groups excluding carboxylic acids is 2. The normalized spacial score (nSPS) is 16.2. The molecule has 1 aliphatic rings. The molecule has 2 atom stereocenters. The molecule has 9 heteroatoms. The van der Waals surface area contributed by atoms with Crippen LogP contribution >= 0.6 is 0 Å². The van der Waals surface area contributed by atoms with Crippen molar-refractivity contribution in [2.24, 2.45) is 0 Å². The van der Waals surface area contributed by atoms with Crippen molar-refractivity contribution < 1.29 is 27.2 Å². The van der Waals surface area contributed by atoms with Gasteiger partial charge in [-0.2, -0.15) is 0 Å². The summed E-state index contributed by atoms with van der Waals surface area (Å²) in [5.41, 5.74) is 1.13. The predicted octanol–water partition coefficient (Wildman–Crippen LogP) is 4.02. The second-order valence-corrected chi connectivity index (χ2v) is 11.9. The van der Waals surface area contributed by atoms with Crippen LogP contribution in [0, 0.1) is 0 Å². The minimum Gasteiger partial charge on any atom is -0.440 e. The maximum absolute atomic E-state index is 14.0. The number of unbranched alkanes of at least 4 members (excludes halogenated alkanes) is 3. The van der Waals surface area contributed by atoms with Gasteiger partial charge in [0.1, 0.15) is 17.7 Å². The van der Waals surface area contributed by atoms with Gasteiger partial charge < -0.3 is 9.15 Å². The Morgan fingerprint density at radius 1 is 1.05 bits per heavy atom. The third-order valence-electron chi connectivity index (χ3n) is 6.87. The molecule has 1 aliphatic carbocycles. The molecule has 8 nitrogen and oxygen atoms in total. The first-order valence-corrected chi connectivity index (χ1v) is 15.9. The number of Topliss-reactive ketones (excluding diaryl/α,β-unsaturated/α-hetero) is 2. The van der Waals surface area contributed by atoms with Gasteiger partial charge in [-0.3, -0.25) is 19.2 Å². The lowest BCUT2D eigenvalue weighted by atomic mass is 9.90. The Bertz CT molecular complexity index is 1360. The summed E-state index contributed by atoms with van der Waals surface area (Å²) in [6.07, 6.45) is 7.32. The molecule has 0 aliphatic heterocycles. The second-order valence-electron chi connectivity index (χ2n) is 10.1. The Morgan fingerprint density at radius 2 is 1.67 bits per heavy atom. The van der Waals surface area contributed by atoms with Gasteiger partial charge in [0.05, 0.1) is 11.8 Å². The van der Waals surface area contributed by atoms with Gasteiger partial charge >= 0.3 is 0 Å². The van der Waals surface area contributed by atoms with Crippen molar-refractivity contribution in [1.29, 1.82) is 0 Å². The first kappa shape index (κ1) is 30.8. The molecule has 2 unspecified atom stereocenters. The SMILES string of the molecule is CCCCc1c(NS(C)(=O)=O)oc2c1=C(C(=O)c1ccccc1)C(=O)C(OC(C)N(CCCC)CCCC)C=2. The average Bonchev–Trinajstić information content (AvgIpc) is 3.22. The summed E-state index contributed by atoms with van der Waals surface area (Å²) >= 11 is 0. The van der Waals surface area contributed by atoms with Crippen molar-refractivity contribution in [2.75, 3.05) is 24.1 Å². The Kier molecular flexibility index (Phi) is 11.1. The van der Waals surface area contributed by atoms with Crippen LogP contribution in [-0.4, -0.2) is 56.6 Å². The molecule has 214 valence electrons. The van der Waals surface area contributed by atoms with Crippen molar-refractivity contribution >= 4 is 39.1 Å². The zero-order valence-electron chi connectivity index (χ0n) is 23.8. The molecule has 0 saturated heterocycles. The van der Waals surface area contributed by atoms with Crippen LogP contribution in [0.4, 0.5) is 5.88 Å². The van der Waals surface area contributed by atoms with Crippen LogP contribution in [0.3, 0.4) is 0 Å². The number of hydrogen-bond donors (Lipinski definition) is 1. The van der Waals surface area contributed by atoms with Gasteiger partial charge in [-0.15, -0.1) is 0 Å². The van der Waals surface area contributed by atoms with Crippen molar-refractivity contribution in [3.05, 3.63) is 52.1 Å². The van der Waals surface area contributed by atoms with Crippen molar-refractivity contribution in [3.63, 3.8) is 0 Å². The standard InChI is InChI=1S/C30H42N2O6S/c1-6-9-17-23-26-24(38-30(23)31-39(5,35)36)20-25(37-21(4)32(18-10-7-2)19-11-8-3)29(34)27(26)28(33)22-15-13-12-14-16-22/h12-16,20-21,25,31H,6-11,17-19H2,1-5H3. The van der Waals surface area contributed by atoms with Crippen LogP contribution in [0.25, 0.3) is 11.6 Å². The molecule has 1 aromatic heterocycles. The lowest BCUT2D eigenvalue weighted by Crippen LogP contribution is -2.46. The van der Waals surface area contributed by atoms with E-state index < -0.39 is 27.7 Å². The van der Waals surface area contributed by atoms with E-state index in [1.165, 1.54) is 0 Å². The molecule has 39 heavy (non-hydrogen) atoms. The number of ketones is 2. The van der Waals surface area contributed by atoms with Gasteiger partial charge in [0.2, 0.25) is 15.9 Å². The first-order chi connectivity index (χ1) is 18.6. The molecule has 0 bridgehead atoms. The number of ether oxygens (including phenoxy) is 1. The maximum atomic E-state index is 14.0. The van der Waals surface area contributed by atoms with Crippen LogP contribution in [0.2, 0.25) is 0 Å². The number of rotatable bonds is 16. The summed E-state index contributed by atoms with van der Waals surface area (Å²) in [6, 6.07) is 8.62. The third kappa shape index (κ3) is 7.90. The molecule has 0 saturated carbocycles. The molecule has 0 radical (unpaired) electrons. The highest BCUT2D eigenvalue weighted by Gasteiger charge is 2.35. The van der Waals surface area contributed by atoms with Crippen LogP contribution in [0.15, 0.2) is 34.7 Å². The largest absolute Gasteiger partial charge is 0.440 e. The Hall–Kier alpha value is -2.75. The van der Waals surface area contributed by atoms with E-state index in [-0.39, 0.29) is 23.1 Å². The number of carbonyl (C=O) groups is 2. The topological polar surface area (TPSA) is 106 Å². The fourth-order valence-electron chi connectivity index (χ4n) is 4.75. The van der Waals surface area contributed by atoms with Gasteiger partial charge in [-0.05, 0) is 38.7 Å². The van der Waals surface area contributed by atoms with E-state index in [9.17, 15) is 18.0 Å². The number of nitrogens with zero attached hydrogens (tertiary/aromatic N) is 1. The Labute approximate surface area is 232 Å². The molecule has 3 rings (SSSR count). The smallest absolute Gasteiger partial charge is 0.232 e. The molecule has 0 spiro atoms. The summed E-state index contributed by atoms with van der Waals surface area (Å²) in [5.74, 6) is -0.840. The second kappa shape index (κ2) is 14.1.